The lowest BCUT2D eigenvalue weighted by Gasteiger charge is -2.20. The molecule has 0 spiro atoms. The van der Waals surface area contributed by atoms with Crippen molar-refractivity contribution in [3.05, 3.63) is 0 Å². The Morgan fingerprint density at radius 2 is 2.56 bits per heavy atom. The van der Waals surface area contributed by atoms with Crippen LogP contribution in [-0.4, -0.2) is 31.1 Å². The van der Waals surface area contributed by atoms with Crippen LogP contribution in [0, 0.1) is 0 Å². The van der Waals surface area contributed by atoms with Crippen molar-refractivity contribution < 1.29 is 9.84 Å². The molecule has 1 aliphatic rings. The Morgan fingerprint density at radius 1 is 1.67 bits per heavy atom. The third-order valence-corrected chi connectivity index (χ3v) is 1.46. The maximum atomic E-state index is 8.51. The fourth-order valence-corrected chi connectivity index (χ4v) is 0.913. The normalized spacial score (nSPS) is 28.3. The van der Waals surface area contributed by atoms with Crippen LogP contribution in [0.1, 0.15) is 12.8 Å². The summed E-state index contributed by atoms with van der Waals surface area (Å²) < 4.78 is 5.19. The van der Waals surface area contributed by atoms with Crippen LogP contribution in [-0.2, 0) is 4.74 Å². The second-order valence-electron chi connectivity index (χ2n) is 2.17. The zero-order valence-electron chi connectivity index (χ0n) is 5.42. The molecule has 1 rings (SSSR count). The Bertz CT molecular complexity index is 68.7. The molecular weight excluding hydrogens is 118 g/mol. The van der Waals surface area contributed by atoms with Gasteiger partial charge in [0.25, 0.3) is 0 Å². The van der Waals surface area contributed by atoms with Gasteiger partial charge in [-0.2, -0.15) is 0 Å². The largest absolute Gasteiger partial charge is 0.396 e. The Morgan fingerprint density at radius 3 is 3.11 bits per heavy atom. The molecule has 1 aliphatic heterocycles. The highest BCUT2D eigenvalue weighted by atomic mass is 16.5. The maximum absolute atomic E-state index is 8.51. The summed E-state index contributed by atoms with van der Waals surface area (Å²) in [4.78, 5) is 0. The minimum absolute atomic E-state index is 0.227. The van der Waals surface area contributed by atoms with E-state index in [1.165, 1.54) is 0 Å². The molecule has 1 radical (unpaired) electrons. The van der Waals surface area contributed by atoms with Gasteiger partial charge in [0.15, 0.2) is 0 Å². The lowest BCUT2D eigenvalue weighted by Crippen LogP contribution is -2.29. The average Bonchev–Trinajstić information content (AvgIpc) is 1.91. The highest BCUT2D eigenvalue weighted by molar-refractivity contribution is 4.62. The molecule has 3 nitrogen and oxygen atoms in total. The first-order chi connectivity index (χ1) is 4.43. The molecule has 1 fully saturated rings. The summed E-state index contributed by atoms with van der Waals surface area (Å²) in [6.07, 6.45) is 1.99. The monoisotopic (exact) mass is 130 g/mol. The summed E-state index contributed by atoms with van der Waals surface area (Å²) in [6.45, 7) is 1.64. The molecule has 1 atom stereocenters. The number of aliphatic hydroxyl groups is 1. The van der Waals surface area contributed by atoms with Crippen molar-refractivity contribution in [1.29, 1.82) is 0 Å². The van der Waals surface area contributed by atoms with Crippen LogP contribution in [0.2, 0.25) is 0 Å². The molecule has 1 unspecified atom stereocenters. The number of rotatable bonds is 2. The summed E-state index contributed by atoms with van der Waals surface area (Å²) in [6, 6.07) is 0. The van der Waals surface area contributed by atoms with E-state index in [1.54, 1.807) is 0 Å². The van der Waals surface area contributed by atoms with E-state index in [2.05, 4.69) is 5.32 Å². The maximum Gasteiger partial charge on any atom is 0.112 e. The Labute approximate surface area is 55.0 Å². The lowest BCUT2D eigenvalue weighted by atomic mass is 10.2. The smallest absolute Gasteiger partial charge is 0.112 e. The van der Waals surface area contributed by atoms with E-state index in [4.69, 9.17) is 9.84 Å². The molecule has 3 heteroatoms. The van der Waals surface area contributed by atoms with Crippen LogP contribution in [0.5, 0.6) is 0 Å². The molecule has 9 heavy (non-hydrogen) atoms. The van der Waals surface area contributed by atoms with E-state index in [9.17, 15) is 0 Å². The molecule has 0 aromatic carbocycles. The predicted molar refractivity (Wildman–Crippen MR) is 33.1 cm³/mol. The SMILES string of the molecule is OCCC1CC[N]CO1. The fraction of sp³-hybridized carbons (Fsp3) is 1.00. The van der Waals surface area contributed by atoms with Gasteiger partial charge >= 0.3 is 0 Å². The van der Waals surface area contributed by atoms with Crippen molar-refractivity contribution in [2.75, 3.05) is 19.9 Å². The van der Waals surface area contributed by atoms with Crippen LogP contribution in [0.3, 0.4) is 0 Å². The topological polar surface area (TPSA) is 43.6 Å². The summed E-state index contributed by atoms with van der Waals surface area (Å²) in [5, 5.41) is 12.5. The van der Waals surface area contributed by atoms with Gasteiger partial charge in [0.1, 0.15) is 6.73 Å². The van der Waals surface area contributed by atoms with Crippen molar-refractivity contribution in [3.63, 3.8) is 0 Å². The van der Waals surface area contributed by atoms with Crippen LogP contribution < -0.4 is 5.32 Å². The Hall–Kier alpha value is -0.120. The average molecular weight is 130 g/mol. The Kier molecular flexibility index (Phi) is 2.97. The molecular formula is C6H12NO2. The van der Waals surface area contributed by atoms with E-state index in [1.807, 2.05) is 0 Å². The van der Waals surface area contributed by atoms with Crippen LogP contribution >= 0.6 is 0 Å². The van der Waals surface area contributed by atoms with Gasteiger partial charge in [0.2, 0.25) is 0 Å². The highest BCUT2D eigenvalue weighted by Crippen LogP contribution is 2.05. The summed E-state index contributed by atoms with van der Waals surface area (Å²) >= 11 is 0. The predicted octanol–water partition coefficient (Wildman–Crippen LogP) is -0.280. The lowest BCUT2D eigenvalue weighted by molar-refractivity contribution is -0.00767. The Balaban J connectivity index is 2.08. The van der Waals surface area contributed by atoms with Crippen molar-refractivity contribution >= 4 is 0 Å². The van der Waals surface area contributed by atoms with Gasteiger partial charge in [0, 0.05) is 13.2 Å². The molecule has 1 N–H and O–H groups in total. The molecule has 0 saturated carbocycles. The summed E-state index contributed by atoms with van der Waals surface area (Å²) in [5.74, 6) is 0. The first-order valence-electron chi connectivity index (χ1n) is 3.29. The van der Waals surface area contributed by atoms with Crippen molar-refractivity contribution in [3.8, 4) is 0 Å². The van der Waals surface area contributed by atoms with E-state index < -0.39 is 0 Å². The number of ether oxygens (including phenoxy) is 1. The second-order valence-corrected chi connectivity index (χ2v) is 2.17. The summed E-state index contributed by atoms with van der Waals surface area (Å²) in [5.41, 5.74) is 0. The number of hydrogen-bond acceptors (Lipinski definition) is 2. The van der Waals surface area contributed by atoms with Gasteiger partial charge in [-0.05, 0) is 12.8 Å². The summed E-state index contributed by atoms with van der Waals surface area (Å²) in [7, 11) is 0. The number of aliphatic hydroxyl groups excluding tert-OH is 1. The van der Waals surface area contributed by atoms with E-state index in [-0.39, 0.29) is 12.7 Å². The molecule has 0 aromatic rings. The van der Waals surface area contributed by atoms with E-state index >= 15 is 0 Å². The first-order valence-corrected chi connectivity index (χ1v) is 3.29. The minimum Gasteiger partial charge on any atom is -0.396 e. The second kappa shape index (κ2) is 3.82. The standard InChI is InChI=1S/C6H12NO2/c8-4-2-6-1-3-7-5-9-6/h6,8H,1-5H2. The molecule has 1 saturated heterocycles. The van der Waals surface area contributed by atoms with E-state index in [0.29, 0.717) is 6.73 Å². The number of hydrogen-bond donors (Lipinski definition) is 1. The molecule has 0 amide bonds. The van der Waals surface area contributed by atoms with E-state index in [0.717, 1.165) is 19.4 Å². The third-order valence-electron chi connectivity index (χ3n) is 1.46. The van der Waals surface area contributed by atoms with Gasteiger partial charge in [-0.1, -0.05) is 0 Å². The quantitative estimate of drug-likeness (QED) is 0.558. The van der Waals surface area contributed by atoms with Crippen LogP contribution in [0.15, 0.2) is 0 Å². The van der Waals surface area contributed by atoms with Gasteiger partial charge in [-0.25, -0.2) is 5.32 Å². The van der Waals surface area contributed by atoms with Gasteiger partial charge < -0.3 is 9.84 Å². The molecule has 1 heterocycles. The number of nitrogens with zero attached hydrogens (tertiary/aromatic N) is 1. The van der Waals surface area contributed by atoms with Gasteiger partial charge in [0.05, 0.1) is 6.10 Å². The molecule has 0 bridgehead atoms. The third kappa shape index (κ3) is 2.30. The fourth-order valence-electron chi connectivity index (χ4n) is 0.913. The van der Waals surface area contributed by atoms with Crippen molar-refractivity contribution in [1.82, 2.24) is 5.32 Å². The van der Waals surface area contributed by atoms with Crippen LogP contribution in [0.4, 0.5) is 0 Å². The molecule has 0 aromatic heterocycles. The minimum atomic E-state index is 0.227. The van der Waals surface area contributed by atoms with Gasteiger partial charge in [-0.15, -0.1) is 0 Å². The molecule has 0 aliphatic carbocycles. The molecule has 53 valence electrons. The van der Waals surface area contributed by atoms with Gasteiger partial charge in [-0.3, -0.25) is 0 Å². The zero-order chi connectivity index (χ0) is 6.53. The first kappa shape index (κ1) is 6.99. The zero-order valence-corrected chi connectivity index (χ0v) is 5.42. The highest BCUT2D eigenvalue weighted by Gasteiger charge is 2.12. The van der Waals surface area contributed by atoms with Crippen molar-refractivity contribution in [2.45, 2.75) is 18.9 Å². The van der Waals surface area contributed by atoms with Crippen molar-refractivity contribution in [2.24, 2.45) is 0 Å². The van der Waals surface area contributed by atoms with Crippen LogP contribution in [0.25, 0.3) is 0 Å².